The van der Waals surface area contributed by atoms with Crippen molar-refractivity contribution in [3.8, 4) is 0 Å². The number of nitrogens with two attached hydrogens (primary N) is 1. The Bertz CT molecular complexity index is 239. The Hall–Kier alpha value is -0.900. The van der Waals surface area contributed by atoms with Crippen LogP contribution in [0.2, 0.25) is 0 Å². The van der Waals surface area contributed by atoms with Gasteiger partial charge in [-0.3, -0.25) is 9.59 Å². The molecule has 0 fully saturated rings. The molecule has 0 aromatic heterocycles. The Morgan fingerprint density at radius 3 is 2.07 bits per heavy atom. The number of nitrogens with zero attached hydrogens (tertiary/aromatic N) is 1. The summed E-state index contributed by atoms with van der Waals surface area (Å²) in [5, 5.41) is 0. The molecule has 4 nitrogen and oxygen atoms in total. The van der Waals surface area contributed by atoms with Crippen molar-refractivity contribution >= 4 is 11.7 Å². The van der Waals surface area contributed by atoms with E-state index in [9.17, 15) is 9.59 Å². The molecular weight excluding hydrogens is 192 g/mol. The highest BCUT2D eigenvalue weighted by Gasteiger charge is 2.27. The van der Waals surface area contributed by atoms with Gasteiger partial charge in [0.1, 0.15) is 0 Å². The summed E-state index contributed by atoms with van der Waals surface area (Å²) in [5.74, 6) is -0.0687. The highest BCUT2D eigenvalue weighted by atomic mass is 16.2. The Balaban J connectivity index is 4.61. The van der Waals surface area contributed by atoms with E-state index >= 15 is 0 Å². The maximum Gasteiger partial charge on any atom is 0.240 e. The summed E-state index contributed by atoms with van der Waals surface area (Å²) in [4.78, 5) is 24.6. The summed E-state index contributed by atoms with van der Waals surface area (Å²) >= 11 is 0. The van der Waals surface area contributed by atoms with Gasteiger partial charge in [0.15, 0.2) is 5.78 Å². The van der Waals surface area contributed by atoms with Crippen LogP contribution in [0.25, 0.3) is 0 Å². The molecule has 0 rings (SSSR count). The van der Waals surface area contributed by atoms with Crippen molar-refractivity contribution in [3.05, 3.63) is 0 Å². The van der Waals surface area contributed by atoms with E-state index in [-0.39, 0.29) is 23.7 Å². The summed E-state index contributed by atoms with van der Waals surface area (Å²) in [7, 11) is 1.64. The highest BCUT2D eigenvalue weighted by molar-refractivity contribution is 5.89. The van der Waals surface area contributed by atoms with Crippen LogP contribution in [0.5, 0.6) is 0 Å². The zero-order valence-electron chi connectivity index (χ0n) is 10.3. The molecule has 15 heavy (non-hydrogen) atoms. The molecule has 0 aliphatic carbocycles. The minimum Gasteiger partial charge on any atom is -0.334 e. The molecule has 0 aliphatic rings. The van der Waals surface area contributed by atoms with Crippen molar-refractivity contribution in [1.82, 2.24) is 4.90 Å². The molecule has 0 spiro atoms. The molecule has 0 bridgehead atoms. The minimum atomic E-state index is -0.525. The molecule has 0 radical (unpaired) electrons. The molecule has 0 unspecified atom stereocenters. The van der Waals surface area contributed by atoms with Gasteiger partial charge in [0.25, 0.3) is 0 Å². The van der Waals surface area contributed by atoms with Gasteiger partial charge >= 0.3 is 0 Å². The Labute approximate surface area is 91.8 Å². The predicted molar refractivity (Wildman–Crippen MR) is 60.3 cm³/mol. The van der Waals surface area contributed by atoms with Crippen LogP contribution in [0.15, 0.2) is 0 Å². The van der Waals surface area contributed by atoms with Gasteiger partial charge < -0.3 is 10.6 Å². The maximum absolute atomic E-state index is 11.8. The van der Waals surface area contributed by atoms with Crippen LogP contribution in [-0.2, 0) is 9.59 Å². The second-order valence-electron chi connectivity index (χ2n) is 4.25. The quantitative estimate of drug-likeness (QED) is 0.736. The number of amides is 1. The van der Waals surface area contributed by atoms with Crippen molar-refractivity contribution in [2.45, 2.75) is 46.2 Å². The van der Waals surface area contributed by atoms with E-state index in [1.165, 1.54) is 11.8 Å². The fourth-order valence-electron chi connectivity index (χ4n) is 1.51. The Morgan fingerprint density at radius 1 is 1.33 bits per heavy atom. The largest absolute Gasteiger partial charge is 0.334 e. The summed E-state index contributed by atoms with van der Waals surface area (Å²) in [6.07, 6.45) is 0.627. The lowest BCUT2D eigenvalue weighted by Crippen LogP contribution is -2.50. The van der Waals surface area contributed by atoms with E-state index in [4.69, 9.17) is 5.73 Å². The van der Waals surface area contributed by atoms with Crippen LogP contribution < -0.4 is 5.73 Å². The number of carbonyl (C=O) groups excluding carboxylic acids is 2. The van der Waals surface area contributed by atoms with Gasteiger partial charge in [-0.1, -0.05) is 20.8 Å². The SMILES string of the molecule is CC[C@@H](C(C)=O)N(C)C(=O)[C@@H](N)C(C)C. The van der Waals surface area contributed by atoms with Gasteiger partial charge in [-0.15, -0.1) is 0 Å². The lowest BCUT2D eigenvalue weighted by atomic mass is 10.0. The first kappa shape index (κ1) is 14.1. The summed E-state index contributed by atoms with van der Waals surface area (Å²) < 4.78 is 0. The van der Waals surface area contributed by atoms with Crippen LogP contribution in [-0.4, -0.2) is 35.7 Å². The van der Waals surface area contributed by atoms with Crippen LogP contribution >= 0.6 is 0 Å². The molecule has 2 atom stereocenters. The fraction of sp³-hybridized carbons (Fsp3) is 0.818. The first-order chi connectivity index (χ1) is 6.82. The number of carbonyl (C=O) groups is 2. The number of rotatable bonds is 5. The second kappa shape index (κ2) is 5.85. The first-order valence-electron chi connectivity index (χ1n) is 5.35. The van der Waals surface area contributed by atoms with Gasteiger partial charge in [-0.05, 0) is 19.3 Å². The summed E-state index contributed by atoms with van der Waals surface area (Å²) in [6, 6.07) is -0.870. The monoisotopic (exact) mass is 214 g/mol. The van der Waals surface area contributed by atoms with Crippen LogP contribution in [0.1, 0.15) is 34.1 Å². The van der Waals surface area contributed by atoms with Crippen molar-refractivity contribution in [2.75, 3.05) is 7.05 Å². The van der Waals surface area contributed by atoms with Gasteiger partial charge in [-0.2, -0.15) is 0 Å². The standard InChI is InChI=1S/C11H22N2O2/c1-6-9(8(4)14)13(5)11(15)10(12)7(2)3/h7,9-10H,6,12H2,1-5H3/t9-,10-/m0/s1. The molecule has 4 heteroatoms. The molecule has 0 aliphatic heterocycles. The molecular formula is C11H22N2O2. The smallest absolute Gasteiger partial charge is 0.240 e. The average molecular weight is 214 g/mol. The lowest BCUT2D eigenvalue weighted by Gasteiger charge is -2.29. The zero-order chi connectivity index (χ0) is 12.2. The van der Waals surface area contributed by atoms with E-state index in [0.717, 1.165) is 0 Å². The number of hydrogen-bond donors (Lipinski definition) is 1. The van der Waals surface area contributed by atoms with E-state index in [1.54, 1.807) is 7.05 Å². The highest BCUT2D eigenvalue weighted by Crippen LogP contribution is 2.08. The topological polar surface area (TPSA) is 63.4 Å². The average Bonchev–Trinajstić information content (AvgIpc) is 2.15. The Kier molecular flexibility index (Phi) is 5.50. The van der Waals surface area contributed by atoms with Gasteiger partial charge in [-0.25, -0.2) is 0 Å². The normalized spacial score (nSPS) is 14.9. The molecule has 0 heterocycles. The number of hydrogen-bond acceptors (Lipinski definition) is 3. The molecule has 0 saturated carbocycles. The van der Waals surface area contributed by atoms with Crippen molar-refractivity contribution < 1.29 is 9.59 Å². The Morgan fingerprint density at radius 2 is 1.80 bits per heavy atom. The first-order valence-corrected chi connectivity index (χ1v) is 5.35. The fourth-order valence-corrected chi connectivity index (χ4v) is 1.51. The molecule has 0 aromatic carbocycles. The number of likely N-dealkylation sites (N-methyl/N-ethyl adjacent to an activating group) is 1. The van der Waals surface area contributed by atoms with E-state index in [2.05, 4.69) is 0 Å². The van der Waals surface area contributed by atoms with Crippen molar-refractivity contribution in [1.29, 1.82) is 0 Å². The van der Waals surface area contributed by atoms with Crippen LogP contribution in [0.4, 0.5) is 0 Å². The number of ketones is 1. The number of Topliss-reactive ketones (excluding diaryl/α,β-unsaturated/α-hetero) is 1. The molecule has 0 aromatic rings. The van der Waals surface area contributed by atoms with Gasteiger partial charge in [0, 0.05) is 7.05 Å². The molecule has 1 amide bonds. The van der Waals surface area contributed by atoms with E-state index in [1.807, 2.05) is 20.8 Å². The van der Waals surface area contributed by atoms with Crippen molar-refractivity contribution in [3.63, 3.8) is 0 Å². The molecule has 0 saturated heterocycles. The minimum absolute atomic E-state index is 0.00399. The van der Waals surface area contributed by atoms with Crippen LogP contribution in [0, 0.1) is 5.92 Å². The maximum atomic E-state index is 11.8. The molecule has 88 valence electrons. The summed E-state index contributed by atoms with van der Waals surface area (Å²) in [6.45, 7) is 7.17. The zero-order valence-corrected chi connectivity index (χ0v) is 10.3. The summed E-state index contributed by atoms with van der Waals surface area (Å²) in [5.41, 5.74) is 5.75. The van der Waals surface area contributed by atoms with E-state index < -0.39 is 6.04 Å². The third-order valence-electron chi connectivity index (χ3n) is 2.67. The van der Waals surface area contributed by atoms with E-state index in [0.29, 0.717) is 6.42 Å². The molecule has 2 N–H and O–H groups in total. The third kappa shape index (κ3) is 3.63. The second-order valence-corrected chi connectivity index (χ2v) is 4.25. The van der Waals surface area contributed by atoms with Gasteiger partial charge in [0.05, 0.1) is 12.1 Å². The third-order valence-corrected chi connectivity index (χ3v) is 2.67. The van der Waals surface area contributed by atoms with Gasteiger partial charge in [0.2, 0.25) is 5.91 Å². The predicted octanol–water partition coefficient (Wildman–Crippen LogP) is 0.796. The van der Waals surface area contributed by atoms with Crippen LogP contribution in [0.3, 0.4) is 0 Å². The lowest BCUT2D eigenvalue weighted by molar-refractivity contribution is -0.139. The van der Waals surface area contributed by atoms with Crippen molar-refractivity contribution in [2.24, 2.45) is 11.7 Å².